The summed E-state index contributed by atoms with van der Waals surface area (Å²) in [5.41, 5.74) is 7.24. The van der Waals surface area contributed by atoms with E-state index in [1.807, 2.05) is 24.3 Å². The number of esters is 1. The number of hydrogen-bond acceptors (Lipinski definition) is 8. The van der Waals surface area contributed by atoms with Crippen LogP contribution in [-0.2, 0) is 16.1 Å². The Balaban J connectivity index is 1.75. The van der Waals surface area contributed by atoms with Gasteiger partial charge in [0.2, 0.25) is 5.43 Å². The highest BCUT2D eigenvalue weighted by Gasteiger charge is 2.25. The molecule has 9 heteroatoms. The Kier molecular flexibility index (Phi) is 5.42. The average molecular weight is 420 g/mol. The molecule has 4 rings (SSSR count). The van der Waals surface area contributed by atoms with Gasteiger partial charge in [0.25, 0.3) is 5.56 Å². The summed E-state index contributed by atoms with van der Waals surface area (Å²) in [4.78, 5) is 40.2. The highest BCUT2D eigenvalue weighted by molar-refractivity contribution is 5.90. The van der Waals surface area contributed by atoms with Gasteiger partial charge in [0.05, 0.1) is 26.3 Å². The maximum absolute atomic E-state index is 13.1. The van der Waals surface area contributed by atoms with Crippen molar-refractivity contribution in [3.8, 4) is 5.75 Å². The van der Waals surface area contributed by atoms with Crippen LogP contribution in [0.15, 0.2) is 58.1 Å². The van der Waals surface area contributed by atoms with Crippen molar-refractivity contribution in [1.82, 2.24) is 10.5 Å². The molecule has 0 saturated carbocycles. The lowest BCUT2D eigenvalue weighted by Crippen LogP contribution is -2.37. The molecule has 0 radical (unpaired) electrons. The normalized spacial score (nSPS) is 12.6. The lowest BCUT2D eigenvalue weighted by atomic mass is 10.1. The van der Waals surface area contributed by atoms with Gasteiger partial charge in [-0.25, -0.2) is 4.79 Å². The van der Waals surface area contributed by atoms with E-state index in [4.69, 9.17) is 4.74 Å². The van der Waals surface area contributed by atoms with Gasteiger partial charge in [0.15, 0.2) is 0 Å². The van der Waals surface area contributed by atoms with Gasteiger partial charge >= 0.3 is 5.97 Å². The van der Waals surface area contributed by atoms with E-state index in [1.54, 1.807) is 36.4 Å². The second-order valence-electron chi connectivity index (χ2n) is 6.84. The van der Waals surface area contributed by atoms with Gasteiger partial charge in [0.1, 0.15) is 17.1 Å². The third-order valence-electron chi connectivity index (χ3n) is 4.91. The molecule has 3 N–H and O–H groups in total. The molecule has 9 nitrogen and oxygen atoms in total. The Bertz CT molecular complexity index is 1300. The largest absolute Gasteiger partial charge is 0.497 e. The Labute approximate surface area is 176 Å². The molecule has 3 aromatic rings. The van der Waals surface area contributed by atoms with Crippen LogP contribution in [0.3, 0.4) is 0 Å². The number of hydrazine groups is 2. The minimum Gasteiger partial charge on any atom is -0.497 e. The van der Waals surface area contributed by atoms with Gasteiger partial charge in [-0.3, -0.25) is 20.0 Å². The van der Waals surface area contributed by atoms with Crippen LogP contribution in [0.5, 0.6) is 5.75 Å². The molecule has 1 aliphatic heterocycles. The number of aromatic nitrogens is 1. The molecule has 0 amide bonds. The number of benzene rings is 2. The fourth-order valence-electron chi connectivity index (χ4n) is 3.32. The summed E-state index contributed by atoms with van der Waals surface area (Å²) in [7, 11) is 2.88. The number of methoxy groups -OCH3 is 2. The van der Waals surface area contributed by atoms with Crippen molar-refractivity contribution in [2.75, 3.05) is 24.7 Å². The number of ether oxygens (including phenoxy) is 2. The highest BCUT2D eigenvalue weighted by atomic mass is 16.5. The zero-order valence-electron chi connectivity index (χ0n) is 16.9. The molecular formula is C22H20N4O5. The molecule has 158 valence electrons. The minimum atomic E-state index is -0.500. The summed E-state index contributed by atoms with van der Waals surface area (Å²) in [6.07, 6.45) is 2.81. The van der Waals surface area contributed by atoms with Crippen molar-refractivity contribution in [2.24, 2.45) is 0 Å². The first-order chi connectivity index (χ1) is 15.0. The number of carbonyl (C=O) groups excluding carboxylic acids is 1. The molecule has 0 aliphatic carbocycles. The zero-order chi connectivity index (χ0) is 22.0. The summed E-state index contributed by atoms with van der Waals surface area (Å²) in [5, 5.41) is 1.92. The number of aromatic amines is 1. The molecule has 0 spiro atoms. The molecule has 0 saturated heterocycles. The Morgan fingerprint density at radius 1 is 1.10 bits per heavy atom. The summed E-state index contributed by atoms with van der Waals surface area (Å²) in [5.74, 6) is 0.228. The van der Waals surface area contributed by atoms with Gasteiger partial charge in [-0.05, 0) is 41.5 Å². The Morgan fingerprint density at radius 2 is 1.87 bits per heavy atom. The fraction of sp³-hybridized carbons (Fsp3) is 0.136. The molecule has 0 unspecified atom stereocenters. The van der Waals surface area contributed by atoms with Crippen LogP contribution in [0.2, 0.25) is 0 Å². The molecule has 0 fully saturated rings. The quantitative estimate of drug-likeness (QED) is 0.424. The second kappa shape index (κ2) is 8.33. The third kappa shape index (κ3) is 3.99. The van der Waals surface area contributed by atoms with Crippen LogP contribution in [-0.4, -0.2) is 25.2 Å². The topological polar surface area (TPSA) is 113 Å². The van der Waals surface area contributed by atoms with Crippen LogP contribution in [0.1, 0.15) is 11.1 Å². The summed E-state index contributed by atoms with van der Waals surface area (Å²) in [6, 6.07) is 12.3. The van der Waals surface area contributed by atoms with Crippen LogP contribution >= 0.6 is 0 Å². The molecule has 1 aromatic heterocycles. The van der Waals surface area contributed by atoms with Crippen LogP contribution < -0.4 is 31.7 Å². The lowest BCUT2D eigenvalue weighted by molar-refractivity contribution is -0.134. The van der Waals surface area contributed by atoms with Crippen molar-refractivity contribution in [3.63, 3.8) is 0 Å². The second-order valence-corrected chi connectivity index (χ2v) is 6.84. The number of hydrogen-bond donors (Lipinski definition) is 3. The van der Waals surface area contributed by atoms with Gasteiger partial charge in [-0.1, -0.05) is 18.2 Å². The third-order valence-corrected chi connectivity index (χ3v) is 4.91. The minimum absolute atomic E-state index is 0.169. The lowest BCUT2D eigenvalue weighted by Gasteiger charge is -2.16. The van der Waals surface area contributed by atoms with Gasteiger partial charge in [-0.15, -0.1) is 5.53 Å². The van der Waals surface area contributed by atoms with E-state index in [-0.39, 0.29) is 16.8 Å². The first-order valence-electron chi connectivity index (χ1n) is 9.42. The van der Waals surface area contributed by atoms with E-state index in [2.05, 4.69) is 20.7 Å². The van der Waals surface area contributed by atoms with Crippen LogP contribution in [0.4, 0.5) is 11.4 Å². The summed E-state index contributed by atoms with van der Waals surface area (Å²) >= 11 is 0. The number of carbonyl (C=O) groups is 1. The SMILES string of the molecule is COC(=O)C=Cc1ccc2c(=O)c3c(c(=O)[nH]c2c1)N(Cc1ccc(OC)cc1)NN3. The molecule has 0 bridgehead atoms. The van der Waals surface area contributed by atoms with Crippen LogP contribution in [0.25, 0.3) is 17.0 Å². The zero-order valence-corrected chi connectivity index (χ0v) is 16.9. The van der Waals surface area contributed by atoms with Gasteiger partial charge < -0.3 is 14.5 Å². The molecule has 31 heavy (non-hydrogen) atoms. The predicted molar refractivity (Wildman–Crippen MR) is 118 cm³/mol. The number of fused-ring (bicyclic) bond motifs is 2. The maximum atomic E-state index is 13.1. The predicted octanol–water partition coefficient (Wildman–Crippen LogP) is 1.93. The molecule has 1 aliphatic rings. The van der Waals surface area contributed by atoms with E-state index in [9.17, 15) is 14.4 Å². The van der Waals surface area contributed by atoms with Gasteiger partial charge in [0, 0.05) is 11.5 Å². The van der Waals surface area contributed by atoms with E-state index in [1.165, 1.54) is 13.2 Å². The van der Waals surface area contributed by atoms with E-state index < -0.39 is 11.5 Å². The maximum Gasteiger partial charge on any atom is 0.330 e. The van der Waals surface area contributed by atoms with Crippen LogP contribution in [0, 0.1) is 0 Å². The van der Waals surface area contributed by atoms with E-state index in [0.29, 0.717) is 23.0 Å². The standard InChI is InChI=1S/C22H20N4O5/c1-30-15-7-3-14(4-8-15)12-26-20-19(24-25-26)21(28)16-9-5-13(6-10-18(27)31-2)11-17(16)23-22(20)29/h3-11,24-25H,12H2,1-2H3,(H,23,29). The number of H-pyrrole nitrogens is 1. The molecule has 0 atom stereocenters. The van der Waals surface area contributed by atoms with Gasteiger partial charge in [-0.2, -0.15) is 0 Å². The highest BCUT2D eigenvalue weighted by Crippen LogP contribution is 2.24. The number of anilines is 2. The van der Waals surface area contributed by atoms with Crippen molar-refractivity contribution < 1.29 is 14.3 Å². The number of nitrogens with zero attached hydrogens (tertiary/aromatic N) is 1. The molecule has 2 aromatic carbocycles. The first-order valence-corrected chi connectivity index (χ1v) is 9.42. The fourth-order valence-corrected chi connectivity index (χ4v) is 3.32. The Hall–Kier alpha value is -4.11. The molecular weight excluding hydrogens is 400 g/mol. The van der Waals surface area contributed by atoms with Crippen molar-refractivity contribution in [2.45, 2.75) is 6.54 Å². The number of nitrogens with one attached hydrogen (secondary N) is 3. The van der Waals surface area contributed by atoms with Crippen molar-refractivity contribution in [3.05, 3.63) is 80.2 Å². The van der Waals surface area contributed by atoms with E-state index in [0.717, 1.165) is 11.3 Å². The van der Waals surface area contributed by atoms with E-state index >= 15 is 0 Å². The first kappa shape index (κ1) is 20.2. The molecule has 2 heterocycles. The van der Waals surface area contributed by atoms with Crippen molar-refractivity contribution >= 4 is 34.3 Å². The summed E-state index contributed by atoms with van der Waals surface area (Å²) in [6.45, 7) is 0.347. The van der Waals surface area contributed by atoms with Crippen molar-refractivity contribution in [1.29, 1.82) is 0 Å². The monoisotopic (exact) mass is 420 g/mol. The summed E-state index contributed by atoms with van der Waals surface area (Å²) < 4.78 is 9.74. The average Bonchev–Trinajstić information content (AvgIpc) is 3.17. The number of rotatable bonds is 5. The Morgan fingerprint density at radius 3 is 2.58 bits per heavy atom. The smallest absolute Gasteiger partial charge is 0.330 e.